The second-order valence-electron chi connectivity index (χ2n) is 6.07. The minimum absolute atomic E-state index is 0.0844. The van der Waals surface area contributed by atoms with Crippen molar-refractivity contribution in [3.05, 3.63) is 89.6 Å². The second kappa shape index (κ2) is 8.34. The highest BCUT2D eigenvalue weighted by molar-refractivity contribution is 5.97. The van der Waals surface area contributed by atoms with Crippen molar-refractivity contribution in [3.8, 4) is 5.75 Å². The lowest BCUT2D eigenvalue weighted by Gasteiger charge is -2.15. The largest absolute Gasteiger partial charge is 0.488 e. The summed E-state index contributed by atoms with van der Waals surface area (Å²) in [4.78, 5) is 12.6. The van der Waals surface area contributed by atoms with Gasteiger partial charge in [-0.15, -0.1) is 0 Å². The molecule has 1 aromatic heterocycles. The maximum absolute atomic E-state index is 13.0. The molecule has 0 spiro atoms. The summed E-state index contributed by atoms with van der Waals surface area (Å²) in [5, 5.41) is 2.95. The molecule has 0 aliphatic rings. The zero-order valence-electron chi connectivity index (χ0n) is 14.4. The molecular formula is C21H20FNO3. The summed E-state index contributed by atoms with van der Waals surface area (Å²) in [5.74, 6) is 0.802. The Morgan fingerprint density at radius 3 is 2.62 bits per heavy atom. The van der Waals surface area contributed by atoms with Crippen LogP contribution < -0.4 is 10.1 Å². The fourth-order valence-corrected chi connectivity index (χ4v) is 2.60. The SMILES string of the molecule is CC(Cc1ccco1)NC(=O)c1ccccc1OCc1ccc(F)cc1. The molecule has 26 heavy (non-hydrogen) atoms. The maximum atomic E-state index is 13.0. The van der Waals surface area contributed by atoms with Crippen LogP contribution in [0.15, 0.2) is 71.3 Å². The molecule has 0 radical (unpaired) electrons. The third-order valence-corrected chi connectivity index (χ3v) is 3.90. The Hall–Kier alpha value is -3.08. The van der Waals surface area contributed by atoms with Crippen LogP contribution in [0.5, 0.6) is 5.75 Å². The lowest BCUT2D eigenvalue weighted by molar-refractivity contribution is 0.0934. The first-order valence-corrected chi connectivity index (χ1v) is 8.41. The van der Waals surface area contributed by atoms with Crippen molar-refractivity contribution >= 4 is 5.91 Å². The number of halogens is 1. The van der Waals surface area contributed by atoms with Gasteiger partial charge in [0.25, 0.3) is 5.91 Å². The average molecular weight is 353 g/mol. The minimum atomic E-state index is -0.293. The monoisotopic (exact) mass is 353 g/mol. The summed E-state index contributed by atoms with van der Waals surface area (Å²) in [6.07, 6.45) is 2.22. The van der Waals surface area contributed by atoms with Crippen LogP contribution in [0.3, 0.4) is 0 Å². The van der Waals surface area contributed by atoms with Gasteiger partial charge in [-0.1, -0.05) is 24.3 Å². The van der Waals surface area contributed by atoms with E-state index in [1.807, 2.05) is 25.1 Å². The number of para-hydroxylation sites is 1. The first kappa shape index (κ1) is 17.7. The molecule has 1 N–H and O–H groups in total. The van der Waals surface area contributed by atoms with Crippen LogP contribution in [0.4, 0.5) is 4.39 Å². The summed E-state index contributed by atoms with van der Waals surface area (Å²) in [6.45, 7) is 2.18. The highest BCUT2D eigenvalue weighted by atomic mass is 19.1. The molecule has 0 aliphatic heterocycles. The molecule has 5 heteroatoms. The Morgan fingerprint density at radius 1 is 1.12 bits per heavy atom. The third-order valence-electron chi connectivity index (χ3n) is 3.90. The number of carbonyl (C=O) groups excluding carboxylic acids is 1. The Morgan fingerprint density at radius 2 is 1.88 bits per heavy atom. The molecule has 0 bridgehead atoms. The number of amides is 1. The summed E-state index contributed by atoms with van der Waals surface area (Å²) >= 11 is 0. The summed E-state index contributed by atoms with van der Waals surface area (Å²) in [6, 6.07) is 16.8. The lowest BCUT2D eigenvalue weighted by Crippen LogP contribution is -2.34. The fraction of sp³-hybridized carbons (Fsp3) is 0.190. The molecule has 3 aromatic rings. The van der Waals surface area contributed by atoms with Crippen molar-refractivity contribution in [1.82, 2.24) is 5.32 Å². The molecule has 4 nitrogen and oxygen atoms in total. The Balaban J connectivity index is 1.63. The number of hydrogen-bond donors (Lipinski definition) is 1. The van der Waals surface area contributed by atoms with E-state index in [9.17, 15) is 9.18 Å². The molecule has 0 aliphatic carbocycles. The number of carbonyl (C=O) groups is 1. The molecule has 0 saturated heterocycles. The smallest absolute Gasteiger partial charge is 0.255 e. The van der Waals surface area contributed by atoms with Gasteiger partial charge in [-0.3, -0.25) is 4.79 Å². The van der Waals surface area contributed by atoms with Crippen molar-refractivity contribution in [3.63, 3.8) is 0 Å². The Bertz CT molecular complexity index is 844. The van der Waals surface area contributed by atoms with E-state index in [1.54, 1.807) is 36.6 Å². The molecule has 2 aromatic carbocycles. The molecule has 0 saturated carbocycles. The molecule has 1 atom stereocenters. The zero-order chi connectivity index (χ0) is 18.4. The predicted octanol–water partition coefficient (Wildman–Crippen LogP) is 4.36. The van der Waals surface area contributed by atoms with E-state index in [0.29, 0.717) is 17.7 Å². The van der Waals surface area contributed by atoms with Crippen molar-refractivity contribution < 1.29 is 18.3 Å². The predicted molar refractivity (Wildman–Crippen MR) is 96.5 cm³/mol. The highest BCUT2D eigenvalue weighted by Gasteiger charge is 2.15. The number of nitrogens with one attached hydrogen (secondary N) is 1. The van der Waals surface area contributed by atoms with Gasteiger partial charge < -0.3 is 14.5 Å². The summed E-state index contributed by atoms with van der Waals surface area (Å²) < 4.78 is 24.1. The van der Waals surface area contributed by atoms with Crippen LogP contribution in [0.1, 0.15) is 28.6 Å². The van der Waals surface area contributed by atoms with Crippen LogP contribution >= 0.6 is 0 Å². The van der Waals surface area contributed by atoms with Gasteiger partial charge in [0.15, 0.2) is 0 Å². The van der Waals surface area contributed by atoms with Crippen molar-refractivity contribution in [2.75, 3.05) is 0 Å². The van der Waals surface area contributed by atoms with Gasteiger partial charge in [-0.05, 0) is 48.9 Å². The van der Waals surface area contributed by atoms with E-state index in [4.69, 9.17) is 9.15 Å². The Labute approximate surface area is 151 Å². The van der Waals surface area contributed by atoms with Gasteiger partial charge in [0.1, 0.15) is 23.9 Å². The maximum Gasteiger partial charge on any atom is 0.255 e. The number of benzene rings is 2. The highest BCUT2D eigenvalue weighted by Crippen LogP contribution is 2.20. The van der Waals surface area contributed by atoms with Crippen LogP contribution in [-0.2, 0) is 13.0 Å². The molecule has 1 heterocycles. The van der Waals surface area contributed by atoms with Crippen LogP contribution in [0.2, 0.25) is 0 Å². The number of rotatable bonds is 7. The minimum Gasteiger partial charge on any atom is -0.488 e. The van der Waals surface area contributed by atoms with Gasteiger partial charge in [0, 0.05) is 12.5 Å². The third kappa shape index (κ3) is 4.72. The standard InChI is InChI=1S/C21H20FNO3/c1-15(13-18-5-4-12-25-18)23-21(24)19-6-2-3-7-20(19)26-14-16-8-10-17(22)11-9-16/h2-12,15H,13-14H2,1H3,(H,23,24). The van der Waals surface area contributed by atoms with E-state index in [0.717, 1.165) is 11.3 Å². The van der Waals surface area contributed by atoms with Crippen LogP contribution in [0.25, 0.3) is 0 Å². The van der Waals surface area contributed by atoms with E-state index in [2.05, 4.69) is 5.32 Å². The van der Waals surface area contributed by atoms with E-state index in [1.165, 1.54) is 12.1 Å². The van der Waals surface area contributed by atoms with Crippen LogP contribution in [0, 0.1) is 5.82 Å². The number of ether oxygens (including phenoxy) is 1. The van der Waals surface area contributed by atoms with E-state index in [-0.39, 0.29) is 24.4 Å². The summed E-state index contributed by atoms with van der Waals surface area (Å²) in [7, 11) is 0. The van der Waals surface area contributed by atoms with Gasteiger partial charge in [0.05, 0.1) is 11.8 Å². The molecule has 134 valence electrons. The van der Waals surface area contributed by atoms with Gasteiger partial charge in [-0.25, -0.2) is 4.39 Å². The molecule has 1 unspecified atom stereocenters. The fourth-order valence-electron chi connectivity index (χ4n) is 2.60. The van der Waals surface area contributed by atoms with E-state index >= 15 is 0 Å². The van der Waals surface area contributed by atoms with Gasteiger partial charge in [0.2, 0.25) is 0 Å². The lowest BCUT2D eigenvalue weighted by atomic mass is 10.1. The van der Waals surface area contributed by atoms with Crippen molar-refractivity contribution in [2.45, 2.75) is 26.0 Å². The topological polar surface area (TPSA) is 51.5 Å². The second-order valence-corrected chi connectivity index (χ2v) is 6.07. The first-order chi connectivity index (χ1) is 12.6. The first-order valence-electron chi connectivity index (χ1n) is 8.41. The van der Waals surface area contributed by atoms with Gasteiger partial charge >= 0.3 is 0 Å². The molecule has 1 amide bonds. The quantitative estimate of drug-likeness (QED) is 0.687. The number of hydrogen-bond acceptors (Lipinski definition) is 3. The van der Waals surface area contributed by atoms with E-state index < -0.39 is 0 Å². The van der Waals surface area contributed by atoms with Crippen molar-refractivity contribution in [1.29, 1.82) is 0 Å². The van der Waals surface area contributed by atoms with Crippen LogP contribution in [-0.4, -0.2) is 11.9 Å². The zero-order valence-corrected chi connectivity index (χ0v) is 14.4. The molecule has 0 fully saturated rings. The Kier molecular flexibility index (Phi) is 5.69. The van der Waals surface area contributed by atoms with Crippen molar-refractivity contribution in [2.24, 2.45) is 0 Å². The molecule has 3 rings (SSSR count). The average Bonchev–Trinajstić information content (AvgIpc) is 3.14. The van der Waals surface area contributed by atoms with Gasteiger partial charge in [-0.2, -0.15) is 0 Å². The molecular weight excluding hydrogens is 333 g/mol. The summed E-state index contributed by atoms with van der Waals surface area (Å²) in [5.41, 5.74) is 1.29. The number of furan rings is 1. The normalized spacial score (nSPS) is 11.8.